The average molecular weight is 268 g/mol. The van der Waals surface area contributed by atoms with Crippen molar-refractivity contribution in [3.05, 3.63) is 35.6 Å². The van der Waals surface area contributed by atoms with Gasteiger partial charge in [-0.2, -0.15) is 0 Å². The van der Waals surface area contributed by atoms with E-state index in [1.165, 1.54) is 12.1 Å². The van der Waals surface area contributed by atoms with Gasteiger partial charge in [-0.25, -0.2) is 9.18 Å². The maximum atomic E-state index is 12.9. The Bertz CT molecular complexity index is 410. The van der Waals surface area contributed by atoms with Gasteiger partial charge in [0.2, 0.25) is 0 Å². The molecule has 106 valence electrons. The zero-order chi connectivity index (χ0) is 14.3. The Balaban J connectivity index is 2.25. The molecule has 2 amide bonds. The maximum Gasteiger partial charge on any atom is 0.315 e. The molecule has 4 nitrogen and oxygen atoms in total. The number of halogens is 1. The van der Waals surface area contributed by atoms with Crippen LogP contribution in [0.25, 0.3) is 0 Å². The molecule has 0 fully saturated rings. The summed E-state index contributed by atoms with van der Waals surface area (Å²) >= 11 is 0. The van der Waals surface area contributed by atoms with Gasteiger partial charge in [0.05, 0.1) is 6.10 Å². The Hall–Kier alpha value is -1.62. The summed E-state index contributed by atoms with van der Waals surface area (Å²) in [6.45, 7) is 4.48. The molecule has 0 aliphatic rings. The summed E-state index contributed by atoms with van der Waals surface area (Å²) < 4.78 is 12.9. The Morgan fingerprint density at radius 1 is 1.37 bits per heavy atom. The van der Waals surface area contributed by atoms with Gasteiger partial charge >= 0.3 is 6.03 Å². The maximum absolute atomic E-state index is 12.9. The molecular weight excluding hydrogens is 247 g/mol. The number of hydrogen-bond acceptors (Lipinski definition) is 2. The van der Waals surface area contributed by atoms with E-state index >= 15 is 0 Å². The van der Waals surface area contributed by atoms with Crippen molar-refractivity contribution >= 4 is 6.03 Å². The lowest BCUT2D eigenvalue weighted by atomic mass is 10.1. The van der Waals surface area contributed by atoms with E-state index in [-0.39, 0.29) is 24.9 Å². The largest absolute Gasteiger partial charge is 0.391 e. The van der Waals surface area contributed by atoms with Crippen LogP contribution in [0.15, 0.2) is 24.3 Å². The van der Waals surface area contributed by atoms with Gasteiger partial charge in [0.15, 0.2) is 0 Å². The number of amides is 2. The smallest absolute Gasteiger partial charge is 0.315 e. The van der Waals surface area contributed by atoms with Crippen molar-refractivity contribution < 1.29 is 14.3 Å². The van der Waals surface area contributed by atoms with Crippen molar-refractivity contribution in [1.82, 2.24) is 10.6 Å². The third-order valence-corrected chi connectivity index (χ3v) is 2.58. The fraction of sp³-hybridized carbons (Fsp3) is 0.500. The van der Waals surface area contributed by atoms with Gasteiger partial charge in [-0.1, -0.05) is 26.0 Å². The molecule has 1 unspecified atom stereocenters. The van der Waals surface area contributed by atoms with Gasteiger partial charge in [-0.05, 0) is 30.0 Å². The fourth-order valence-corrected chi connectivity index (χ4v) is 1.73. The highest BCUT2D eigenvalue weighted by atomic mass is 19.1. The third kappa shape index (κ3) is 6.76. The van der Waals surface area contributed by atoms with E-state index in [0.29, 0.717) is 17.9 Å². The van der Waals surface area contributed by atoms with Crippen LogP contribution in [0.5, 0.6) is 0 Å². The molecule has 3 N–H and O–H groups in total. The molecule has 0 aromatic heterocycles. The standard InChI is InChI=1S/C14H21FN2O2/c1-10(2)6-13(18)9-17-14(19)16-8-11-4-3-5-12(15)7-11/h3-5,7,10,13,18H,6,8-9H2,1-2H3,(H2,16,17,19). The first-order chi connectivity index (χ1) is 8.97. The van der Waals surface area contributed by atoms with Crippen LogP contribution in [-0.4, -0.2) is 23.8 Å². The van der Waals surface area contributed by atoms with Crippen LogP contribution in [0.4, 0.5) is 9.18 Å². The average Bonchev–Trinajstić information content (AvgIpc) is 2.33. The normalized spacial score (nSPS) is 12.3. The SMILES string of the molecule is CC(C)CC(O)CNC(=O)NCc1cccc(F)c1. The molecule has 0 aliphatic carbocycles. The lowest BCUT2D eigenvalue weighted by molar-refractivity contribution is 0.147. The van der Waals surface area contributed by atoms with Crippen molar-refractivity contribution in [2.75, 3.05) is 6.54 Å². The highest BCUT2D eigenvalue weighted by Crippen LogP contribution is 2.04. The predicted octanol–water partition coefficient (Wildman–Crippen LogP) is 2.03. The van der Waals surface area contributed by atoms with E-state index < -0.39 is 6.10 Å². The fourth-order valence-electron chi connectivity index (χ4n) is 1.73. The molecule has 0 radical (unpaired) electrons. The van der Waals surface area contributed by atoms with Gasteiger partial charge < -0.3 is 15.7 Å². The van der Waals surface area contributed by atoms with E-state index in [9.17, 15) is 14.3 Å². The van der Waals surface area contributed by atoms with Gasteiger partial charge in [0.25, 0.3) is 0 Å². The van der Waals surface area contributed by atoms with E-state index in [1.807, 2.05) is 13.8 Å². The van der Waals surface area contributed by atoms with E-state index in [0.717, 1.165) is 0 Å². The van der Waals surface area contributed by atoms with Gasteiger partial charge in [-0.15, -0.1) is 0 Å². The Labute approximate surface area is 113 Å². The first kappa shape index (κ1) is 15.4. The highest BCUT2D eigenvalue weighted by Gasteiger charge is 2.08. The Morgan fingerprint density at radius 3 is 2.74 bits per heavy atom. The van der Waals surface area contributed by atoms with E-state index in [1.54, 1.807) is 12.1 Å². The van der Waals surface area contributed by atoms with Crippen LogP contribution in [0.2, 0.25) is 0 Å². The number of benzene rings is 1. The summed E-state index contributed by atoms with van der Waals surface area (Å²) in [5, 5.41) is 14.8. The summed E-state index contributed by atoms with van der Waals surface area (Å²) in [5.74, 6) is 0.0548. The Morgan fingerprint density at radius 2 is 2.11 bits per heavy atom. The van der Waals surface area contributed by atoms with Crippen molar-refractivity contribution in [3.63, 3.8) is 0 Å². The zero-order valence-corrected chi connectivity index (χ0v) is 11.3. The van der Waals surface area contributed by atoms with Crippen LogP contribution in [0, 0.1) is 11.7 Å². The lowest BCUT2D eigenvalue weighted by Gasteiger charge is -2.14. The minimum atomic E-state index is -0.542. The molecule has 1 aromatic rings. The second kappa shape index (κ2) is 7.74. The number of aliphatic hydroxyl groups is 1. The number of hydrogen-bond donors (Lipinski definition) is 3. The summed E-state index contributed by atoms with van der Waals surface area (Å²) in [5.41, 5.74) is 0.692. The minimum Gasteiger partial charge on any atom is -0.391 e. The second-order valence-corrected chi connectivity index (χ2v) is 4.98. The summed E-state index contributed by atoms with van der Waals surface area (Å²) in [4.78, 5) is 11.5. The van der Waals surface area contributed by atoms with Crippen LogP contribution in [-0.2, 0) is 6.54 Å². The molecule has 0 heterocycles. The summed E-state index contributed by atoms with van der Waals surface area (Å²) in [6, 6.07) is 5.68. The number of carbonyl (C=O) groups is 1. The van der Waals surface area contributed by atoms with Crippen molar-refractivity contribution in [2.24, 2.45) is 5.92 Å². The Kier molecular flexibility index (Phi) is 6.29. The van der Waals surface area contributed by atoms with Crippen LogP contribution in [0.1, 0.15) is 25.8 Å². The number of aliphatic hydroxyl groups excluding tert-OH is 1. The quantitative estimate of drug-likeness (QED) is 0.739. The zero-order valence-electron chi connectivity index (χ0n) is 11.3. The number of rotatable bonds is 6. The van der Waals surface area contributed by atoms with E-state index in [4.69, 9.17) is 0 Å². The van der Waals surface area contributed by atoms with Crippen molar-refractivity contribution in [1.29, 1.82) is 0 Å². The number of nitrogens with one attached hydrogen (secondary N) is 2. The van der Waals surface area contributed by atoms with Gasteiger partial charge in [-0.3, -0.25) is 0 Å². The van der Waals surface area contributed by atoms with Gasteiger partial charge in [0, 0.05) is 13.1 Å². The molecule has 1 rings (SSSR count). The third-order valence-electron chi connectivity index (χ3n) is 2.58. The molecule has 0 aliphatic heterocycles. The molecule has 5 heteroatoms. The van der Waals surface area contributed by atoms with Crippen LogP contribution < -0.4 is 10.6 Å². The highest BCUT2D eigenvalue weighted by molar-refractivity contribution is 5.73. The molecule has 1 atom stereocenters. The summed E-state index contributed by atoms with van der Waals surface area (Å²) in [6.07, 6.45) is 0.101. The number of urea groups is 1. The second-order valence-electron chi connectivity index (χ2n) is 4.98. The molecule has 0 saturated carbocycles. The summed E-state index contributed by atoms with van der Waals surface area (Å²) in [7, 11) is 0. The lowest BCUT2D eigenvalue weighted by Crippen LogP contribution is -2.39. The first-order valence-electron chi connectivity index (χ1n) is 6.41. The molecule has 0 bridgehead atoms. The topological polar surface area (TPSA) is 61.4 Å². The van der Waals surface area contributed by atoms with Crippen molar-refractivity contribution in [3.8, 4) is 0 Å². The van der Waals surface area contributed by atoms with Crippen molar-refractivity contribution in [2.45, 2.75) is 32.9 Å². The van der Waals surface area contributed by atoms with Crippen LogP contribution >= 0.6 is 0 Å². The van der Waals surface area contributed by atoms with E-state index in [2.05, 4.69) is 10.6 Å². The monoisotopic (exact) mass is 268 g/mol. The predicted molar refractivity (Wildman–Crippen MR) is 72.1 cm³/mol. The molecule has 1 aromatic carbocycles. The van der Waals surface area contributed by atoms with Crippen LogP contribution in [0.3, 0.4) is 0 Å². The molecule has 0 saturated heterocycles. The number of carbonyl (C=O) groups excluding carboxylic acids is 1. The first-order valence-corrected chi connectivity index (χ1v) is 6.41. The molecule has 0 spiro atoms. The molecular formula is C14H21FN2O2. The van der Waals surface area contributed by atoms with Gasteiger partial charge in [0.1, 0.15) is 5.82 Å². The molecule has 19 heavy (non-hydrogen) atoms. The minimum absolute atomic E-state index is 0.215.